The Balaban J connectivity index is 1.58. The number of fused-ring (bicyclic) bond motifs is 2. The highest BCUT2D eigenvalue weighted by Gasteiger charge is 2.28. The summed E-state index contributed by atoms with van der Waals surface area (Å²) >= 11 is 0. The van der Waals surface area contributed by atoms with Crippen LogP contribution in [0.3, 0.4) is 0 Å². The summed E-state index contributed by atoms with van der Waals surface area (Å²) < 4.78 is 27.3. The van der Waals surface area contributed by atoms with Gasteiger partial charge in [0.05, 0.1) is 29.5 Å². The van der Waals surface area contributed by atoms with Crippen LogP contribution in [0.2, 0.25) is 0 Å². The second-order valence-corrected chi connectivity index (χ2v) is 9.86. The van der Waals surface area contributed by atoms with Crippen molar-refractivity contribution in [2.75, 3.05) is 13.2 Å². The van der Waals surface area contributed by atoms with Crippen molar-refractivity contribution in [1.82, 2.24) is 0 Å². The van der Waals surface area contributed by atoms with Crippen molar-refractivity contribution < 1.29 is 33.1 Å². The number of hydrogen-bond donors (Lipinski definition) is 4. The number of aliphatic hydroxyl groups is 1. The maximum atomic E-state index is 13.1. The maximum Gasteiger partial charge on any atom is 0.469 e. The summed E-state index contributed by atoms with van der Waals surface area (Å²) in [5, 5.41) is 10.4. The highest BCUT2D eigenvalue weighted by Crippen LogP contribution is 2.37. The highest BCUT2D eigenvalue weighted by atomic mass is 31.2. The van der Waals surface area contributed by atoms with Crippen LogP contribution in [0.5, 0.6) is 11.5 Å². The summed E-state index contributed by atoms with van der Waals surface area (Å²) in [5.41, 5.74) is 7.15. The molecule has 35 heavy (non-hydrogen) atoms. The average Bonchev–Trinajstić information content (AvgIpc) is 2.81. The van der Waals surface area contributed by atoms with Gasteiger partial charge in [0.15, 0.2) is 0 Å². The molecule has 0 aliphatic heterocycles. The molecular weight excluding hydrogens is 473 g/mol. The van der Waals surface area contributed by atoms with Crippen LogP contribution in [0.1, 0.15) is 17.5 Å². The van der Waals surface area contributed by atoms with Gasteiger partial charge in [-0.2, -0.15) is 0 Å². The Morgan fingerprint density at radius 3 is 2.49 bits per heavy atom. The van der Waals surface area contributed by atoms with Crippen molar-refractivity contribution in [3.8, 4) is 11.5 Å². The molecule has 1 atom stereocenters. The number of rotatable bonds is 9. The number of ether oxygens (including phenoxy) is 1. The van der Waals surface area contributed by atoms with Crippen LogP contribution in [0.15, 0.2) is 69.9 Å². The van der Waals surface area contributed by atoms with Crippen LogP contribution in [0, 0.1) is 6.92 Å². The fourth-order valence-corrected chi connectivity index (χ4v) is 4.14. The summed E-state index contributed by atoms with van der Waals surface area (Å²) in [4.78, 5) is 30.9. The molecule has 4 aromatic rings. The summed E-state index contributed by atoms with van der Waals surface area (Å²) in [5.74, 6) is 1.19. The van der Waals surface area contributed by atoms with E-state index in [1.807, 2.05) is 31.2 Å². The van der Waals surface area contributed by atoms with Crippen LogP contribution >= 0.6 is 7.82 Å². The Hall–Kier alpha value is -3.04. The third kappa shape index (κ3) is 6.15. The molecule has 10 heteroatoms. The second kappa shape index (κ2) is 9.91. The first-order valence-corrected chi connectivity index (χ1v) is 12.4. The van der Waals surface area contributed by atoms with Gasteiger partial charge in [0.2, 0.25) is 5.43 Å². The molecule has 184 valence electrons. The highest BCUT2D eigenvalue weighted by molar-refractivity contribution is 7.46. The van der Waals surface area contributed by atoms with Crippen molar-refractivity contribution in [1.29, 1.82) is 0 Å². The lowest BCUT2D eigenvalue weighted by atomic mass is 9.93. The molecule has 0 saturated heterocycles. The third-order valence-electron chi connectivity index (χ3n) is 5.68. The zero-order valence-corrected chi connectivity index (χ0v) is 19.9. The van der Waals surface area contributed by atoms with Gasteiger partial charge in [-0.05, 0) is 73.4 Å². The van der Waals surface area contributed by atoms with Gasteiger partial charge in [0.1, 0.15) is 22.7 Å². The normalized spacial score (nSPS) is 13.7. The van der Waals surface area contributed by atoms with Crippen LogP contribution in [-0.4, -0.2) is 33.6 Å². The predicted octanol–water partition coefficient (Wildman–Crippen LogP) is 3.78. The molecule has 0 aliphatic carbocycles. The van der Waals surface area contributed by atoms with Crippen molar-refractivity contribution in [3.63, 3.8) is 0 Å². The third-order valence-corrected chi connectivity index (χ3v) is 6.14. The van der Waals surface area contributed by atoms with Crippen molar-refractivity contribution in [2.24, 2.45) is 5.73 Å². The van der Waals surface area contributed by atoms with Crippen molar-refractivity contribution in [2.45, 2.75) is 25.3 Å². The summed E-state index contributed by atoms with van der Waals surface area (Å²) in [6.45, 7) is 0.942. The molecule has 1 heterocycles. The smallest absolute Gasteiger partial charge is 0.457 e. The molecule has 0 aliphatic rings. The average molecular weight is 499 g/mol. The fourth-order valence-electron chi connectivity index (χ4n) is 3.71. The minimum atomic E-state index is -4.71. The minimum absolute atomic E-state index is 0.187. The van der Waals surface area contributed by atoms with Gasteiger partial charge < -0.3 is 29.8 Å². The number of benzene rings is 3. The molecule has 0 saturated carbocycles. The number of aryl methyl sites for hydroxylation is 2. The summed E-state index contributed by atoms with van der Waals surface area (Å²) in [7, 11) is -4.71. The number of phosphoric acid groups is 1. The van der Waals surface area contributed by atoms with Crippen molar-refractivity contribution >= 4 is 29.8 Å². The van der Waals surface area contributed by atoms with Gasteiger partial charge in [-0.15, -0.1) is 0 Å². The van der Waals surface area contributed by atoms with Crippen LogP contribution in [-0.2, 0) is 15.5 Å². The molecule has 0 radical (unpaired) electrons. The van der Waals surface area contributed by atoms with E-state index < -0.39 is 26.6 Å². The Labute approximate surface area is 201 Å². The minimum Gasteiger partial charge on any atom is -0.457 e. The first kappa shape index (κ1) is 25.1. The van der Waals surface area contributed by atoms with Crippen LogP contribution < -0.4 is 15.9 Å². The Morgan fingerprint density at radius 1 is 1.00 bits per heavy atom. The van der Waals surface area contributed by atoms with Gasteiger partial charge in [-0.25, -0.2) is 4.57 Å². The zero-order chi connectivity index (χ0) is 25.2. The monoisotopic (exact) mass is 499 g/mol. The second-order valence-electron chi connectivity index (χ2n) is 8.62. The van der Waals surface area contributed by atoms with E-state index in [-0.39, 0.29) is 11.8 Å². The van der Waals surface area contributed by atoms with E-state index in [9.17, 15) is 14.5 Å². The van der Waals surface area contributed by atoms with E-state index in [1.54, 1.807) is 36.4 Å². The Bertz CT molecular complexity index is 1480. The molecule has 1 aromatic heterocycles. The molecule has 5 N–H and O–H groups in total. The van der Waals surface area contributed by atoms with Gasteiger partial charge in [0.25, 0.3) is 0 Å². The van der Waals surface area contributed by atoms with E-state index in [1.165, 1.54) is 0 Å². The Morgan fingerprint density at radius 2 is 1.77 bits per heavy atom. The SMILES string of the molecule is Cc1cccc(Oc2ccc3oc4cc(CCC(N)(CO)COP(=O)(O)O)ccc4c(=O)c3c2)c1. The van der Waals surface area contributed by atoms with Crippen LogP contribution in [0.4, 0.5) is 0 Å². The predicted molar refractivity (Wildman–Crippen MR) is 132 cm³/mol. The van der Waals surface area contributed by atoms with Gasteiger partial charge in [-0.1, -0.05) is 18.2 Å². The van der Waals surface area contributed by atoms with Gasteiger partial charge in [0, 0.05) is 0 Å². The quantitative estimate of drug-likeness (QED) is 0.199. The van der Waals surface area contributed by atoms with Gasteiger partial charge >= 0.3 is 7.82 Å². The van der Waals surface area contributed by atoms with Crippen LogP contribution in [0.25, 0.3) is 21.9 Å². The van der Waals surface area contributed by atoms with E-state index in [4.69, 9.17) is 24.7 Å². The molecule has 0 bridgehead atoms. The van der Waals surface area contributed by atoms with E-state index in [0.717, 1.165) is 11.1 Å². The first-order chi connectivity index (χ1) is 16.5. The Kier molecular flexibility index (Phi) is 7.10. The molecule has 9 nitrogen and oxygen atoms in total. The molecule has 4 rings (SSSR count). The summed E-state index contributed by atoms with van der Waals surface area (Å²) in [6, 6.07) is 17.8. The van der Waals surface area contributed by atoms with E-state index in [0.29, 0.717) is 39.9 Å². The maximum absolute atomic E-state index is 13.1. The topological polar surface area (TPSA) is 152 Å². The fraction of sp³-hybridized carbons (Fsp3) is 0.240. The number of nitrogens with two attached hydrogens (primary N) is 1. The lowest BCUT2D eigenvalue weighted by Gasteiger charge is -2.27. The van der Waals surface area contributed by atoms with E-state index >= 15 is 0 Å². The zero-order valence-electron chi connectivity index (χ0n) is 19.0. The largest absolute Gasteiger partial charge is 0.469 e. The number of phosphoric ester groups is 1. The van der Waals surface area contributed by atoms with E-state index in [2.05, 4.69) is 4.52 Å². The summed E-state index contributed by atoms with van der Waals surface area (Å²) in [6.07, 6.45) is 0.551. The first-order valence-electron chi connectivity index (χ1n) is 10.9. The van der Waals surface area contributed by atoms with Crippen molar-refractivity contribution in [3.05, 3.63) is 82.0 Å². The molecule has 0 spiro atoms. The molecular formula is C25H26NO8P. The van der Waals surface area contributed by atoms with Gasteiger partial charge in [-0.3, -0.25) is 9.32 Å². The molecule has 0 amide bonds. The number of hydrogen-bond acceptors (Lipinski definition) is 7. The molecule has 3 aromatic carbocycles. The standard InChI is InChI=1S/C25H26NO8P/c1-16-3-2-4-18(11-16)33-19-6-8-22-21(13-19)24(28)20-7-5-17(12-23(20)34-22)9-10-25(26,14-27)15-32-35(29,30)31/h2-8,11-13,27H,9-10,14-15,26H2,1H3,(H2,29,30,31). The lowest BCUT2D eigenvalue weighted by Crippen LogP contribution is -2.48. The number of aliphatic hydroxyl groups excluding tert-OH is 1. The molecule has 0 fully saturated rings. The lowest BCUT2D eigenvalue weighted by molar-refractivity contribution is 0.102. The molecule has 1 unspecified atom stereocenters.